The van der Waals surface area contributed by atoms with Crippen LogP contribution in [0.5, 0.6) is 0 Å². The topological polar surface area (TPSA) is 64.8 Å². The van der Waals surface area contributed by atoms with Crippen molar-refractivity contribution >= 4 is 11.6 Å². The third-order valence-corrected chi connectivity index (χ3v) is 2.93. The van der Waals surface area contributed by atoms with Crippen molar-refractivity contribution in [2.45, 2.75) is 13.8 Å². The van der Waals surface area contributed by atoms with Gasteiger partial charge in [0.05, 0.1) is 18.8 Å². The van der Waals surface area contributed by atoms with Crippen LogP contribution in [0.25, 0.3) is 0 Å². The molecule has 2 N–H and O–H groups in total. The van der Waals surface area contributed by atoms with Crippen LogP contribution in [-0.2, 0) is 9.47 Å². The highest BCUT2D eigenvalue weighted by atomic mass is 19.1. The number of halogens is 1. The predicted molar refractivity (Wildman–Crippen MR) is 79.7 cm³/mol. The Morgan fingerprint density at radius 3 is 2.24 bits per heavy atom. The van der Waals surface area contributed by atoms with E-state index in [0.29, 0.717) is 45.2 Å². The van der Waals surface area contributed by atoms with Crippen molar-refractivity contribution in [3.63, 3.8) is 0 Å². The Bertz CT molecular complexity index is 445. The van der Waals surface area contributed by atoms with E-state index in [1.165, 1.54) is 17.0 Å². The van der Waals surface area contributed by atoms with Crippen LogP contribution in [0.2, 0.25) is 0 Å². The molecule has 0 fully saturated rings. The van der Waals surface area contributed by atoms with Gasteiger partial charge >= 0.3 is 0 Å². The molecule has 0 radical (unpaired) electrons. The van der Waals surface area contributed by atoms with Crippen LogP contribution < -0.4 is 5.73 Å². The van der Waals surface area contributed by atoms with Gasteiger partial charge in [0.1, 0.15) is 5.82 Å². The summed E-state index contributed by atoms with van der Waals surface area (Å²) < 4.78 is 24.4. The molecular weight excluding hydrogens is 275 g/mol. The van der Waals surface area contributed by atoms with Gasteiger partial charge in [0.2, 0.25) is 0 Å². The first-order valence-corrected chi connectivity index (χ1v) is 7.09. The van der Waals surface area contributed by atoms with E-state index in [0.717, 1.165) is 6.07 Å². The first-order valence-electron chi connectivity index (χ1n) is 7.09. The molecule has 0 spiro atoms. The Hall–Kier alpha value is -1.66. The number of amides is 1. The van der Waals surface area contributed by atoms with Gasteiger partial charge in [-0.1, -0.05) is 0 Å². The Morgan fingerprint density at radius 2 is 1.76 bits per heavy atom. The van der Waals surface area contributed by atoms with Crippen molar-refractivity contribution < 1.29 is 18.7 Å². The minimum atomic E-state index is -0.613. The smallest absolute Gasteiger partial charge is 0.256 e. The number of benzene rings is 1. The summed E-state index contributed by atoms with van der Waals surface area (Å²) in [7, 11) is 0. The van der Waals surface area contributed by atoms with Crippen LogP contribution in [0, 0.1) is 5.82 Å². The number of carbonyl (C=O) groups excluding carboxylic acids is 1. The molecule has 5 nitrogen and oxygen atoms in total. The van der Waals surface area contributed by atoms with Crippen molar-refractivity contribution in [3.05, 3.63) is 29.6 Å². The molecule has 21 heavy (non-hydrogen) atoms. The molecule has 0 bridgehead atoms. The van der Waals surface area contributed by atoms with Crippen molar-refractivity contribution in [1.29, 1.82) is 0 Å². The third-order valence-electron chi connectivity index (χ3n) is 2.93. The standard InChI is InChI=1S/C15H23FN2O3/c1-3-20-9-7-18(8-10-21-4-2)15(19)13-6-5-12(17)11-14(13)16/h5-6,11H,3-4,7-10,17H2,1-2H3. The lowest BCUT2D eigenvalue weighted by molar-refractivity contribution is 0.0546. The molecule has 1 amide bonds. The first-order chi connectivity index (χ1) is 10.1. The first kappa shape index (κ1) is 17.4. The van der Waals surface area contributed by atoms with Gasteiger partial charge < -0.3 is 20.1 Å². The van der Waals surface area contributed by atoms with Crippen LogP contribution >= 0.6 is 0 Å². The fourth-order valence-electron chi connectivity index (χ4n) is 1.83. The maximum absolute atomic E-state index is 13.8. The molecule has 0 aliphatic carbocycles. The summed E-state index contributed by atoms with van der Waals surface area (Å²) in [6.07, 6.45) is 0. The van der Waals surface area contributed by atoms with E-state index in [9.17, 15) is 9.18 Å². The number of ether oxygens (including phenoxy) is 2. The molecule has 0 heterocycles. The van der Waals surface area contributed by atoms with Crippen LogP contribution in [0.3, 0.4) is 0 Å². The normalized spacial score (nSPS) is 10.6. The number of hydrogen-bond donors (Lipinski definition) is 1. The monoisotopic (exact) mass is 298 g/mol. The molecule has 0 atom stereocenters. The van der Waals surface area contributed by atoms with Crippen molar-refractivity contribution in [3.8, 4) is 0 Å². The summed E-state index contributed by atoms with van der Waals surface area (Å²) in [5.74, 6) is -0.996. The molecule has 0 saturated heterocycles. The Kier molecular flexibility index (Phi) is 7.71. The quantitative estimate of drug-likeness (QED) is 0.559. The lowest BCUT2D eigenvalue weighted by Crippen LogP contribution is -2.37. The zero-order valence-electron chi connectivity index (χ0n) is 12.6. The second kappa shape index (κ2) is 9.31. The summed E-state index contributed by atoms with van der Waals surface area (Å²) in [6.45, 7) is 6.51. The van der Waals surface area contributed by atoms with Crippen LogP contribution in [0.15, 0.2) is 18.2 Å². The number of nitrogens with two attached hydrogens (primary N) is 1. The van der Waals surface area contributed by atoms with Crippen LogP contribution in [-0.4, -0.2) is 50.3 Å². The van der Waals surface area contributed by atoms with Crippen molar-refractivity contribution in [1.82, 2.24) is 4.90 Å². The SMILES string of the molecule is CCOCCN(CCOCC)C(=O)c1ccc(N)cc1F. The summed E-state index contributed by atoms with van der Waals surface area (Å²) in [5, 5.41) is 0. The van der Waals surface area contributed by atoms with Crippen molar-refractivity contribution in [2.24, 2.45) is 0 Å². The summed E-state index contributed by atoms with van der Waals surface area (Å²) in [4.78, 5) is 13.9. The lowest BCUT2D eigenvalue weighted by Gasteiger charge is -2.23. The van der Waals surface area contributed by atoms with Gasteiger partial charge in [0.25, 0.3) is 5.91 Å². The summed E-state index contributed by atoms with van der Waals surface area (Å²) >= 11 is 0. The fraction of sp³-hybridized carbons (Fsp3) is 0.533. The minimum absolute atomic E-state index is 0.0113. The highest BCUT2D eigenvalue weighted by molar-refractivity contribution is 5.94. The zero-order chi connectivity index (χ0) is 15.7. The molecule has 1 rings (SSSR count). The van der Waals surface area contributed by atoms with Gasteiger partial charge in [-0.2, -0.15) is 0 Å². The van der Waals surface area contributed by atoms with Gasteiger partial charge in [-0.05, 0) is 32.0 Å². The van der Waals surface area contributed by atoms with Gasteiger partial charge in [-0.15, -0.1) is 0 Å². The number of nitrogen functional groups attached to an aromatic ring is 1. The minimum Gasteiger partial charge on any atom is -0.399 e. The van der Waals surface area contributed by atoms with Crippen LogP contribution in [0.4, 0.5) is 10.1 Å². The number of nitrogens with zero attached hydrogens (tertiary/aromatic N) is 1. The molecule has 0 aliphatic rings. The number of carbonyl (C=O) groups is 1. The average Bonchev–Trinajstić information content (AvgIpc) is 2.45. The van der Waals surface area contributed by atoms with Gasteiger partial charge in [0.15, 0.2) is 0 Å². The molecule has 1 aromatic carbocycles. The summed E-state index contributed by atoms with van der Waals surface area (Å²) in [6, 6.07) is 4.07. The predicted octanol–water partition coefficient (Wildman–Crippen LogP) is 1.92. The van der Waals surface area contributed by atoms with E-state index in [-0.39, 0.29) is 11.5 Å². The molecule has 118 valence electrons. The molecule has 6 heteroatoms. The maximum Gasteiger partial charge on any atom is 0.256 e. The highest BCUT2D eigenvalue weighted by Crippen LogP contribution is 2.14. The highest BCUT2D eigenvalue weighted by Gasteiger charge is 2.19. The van der Waals surface area contributed by atoms with E-state index in [1.807, 2.05) is 13.8 Å². The van der Waals surface area contributed by atoms with Gasteiger partial charge in [0, 0.05) is 32.0 Å². The Morgan fingerprint density at radius 1 is 1.19 bits per heavy atom. The lowest BCUT2D eigenvalue weighted by atomic mass is 10.1. The molecule has 0 aromatic heterocycles. The number of anilines is 1. The fourth-order valence-corrected chi connectivity index (χ4v) is 1.83. The molecule has 0 saturated carbocycles. The largest absolute Gasteiger partial charge is 0.399 e. The van der Waals surface area contributed by atoms with E-state index in [4.69, 9.17) is 15.2 Å². The van der Waals surface area contributed by atoms with E-state index in [1.54, 1.807) is 0 Å². The molecule has 1 aromatic rings. The van der Waals surface area contributed by atoms with Crippen LogP contribution in [0.1, 0.15) is 24.2 Å². The van der Waals surface area contributed by atoms with Gasteiger partial charge in [-0.3, -0.25) is 4.79 Å². The molecule has 0 aliphatic heterocycles. The van der Waals surface area contributed by atoms with Crippen molar-refractivity contribution in [2.75, 3.05) is 45.3 Å². The third kappa shape index (κ3) is 5.69. The zero-order valence-corrected chi connectivity index (χ0v) is 12.6. The van der Waals surface area contributed by atoms with E-state index < -0.39 is 5.82 Å². The van der Waals surface area contributed by atoms with Gasteiger partial charge in [-0.25, -0.2) is 4.39 Å². The Balaban J connectivity index is 2.76. The average molecular weight is 298 g/mol. The number of rotatable bonds is 9. The maximum atomic E-state index is 13.8. The summed E-state index contributed by atoms with van der Waals surface area (Å²) in [5.41, 5.74) is 5.80. The van der Waals surface area contributed by atoms with E-state index in [2.05, 4.69) is 0 Å². The second-order valence-corrected chi connectivity index (χ2v) is 4.43. The van der Waals surface area contributed by atoms with E-state index >= 15 is 0 Å². The molecule has 0 unspecified atom stereocenters. The molecular formula is C15H23FN2O3. The number of hydrogen-bond acceptors (Lipinski definition) is 4. The Labute approximate surface area is 124 Å². The second-order valence-electron chi connectivity index (χ2n) is 4.43.